The molecule has 156 valence electrons. The highest BCUT2D eigenvalue weighted by molar-refractivity contribution is 5.95. The molecule has 4 bridgehead atoms. The highest BCUT2D eigenvalue weighted by atomic mass is 16.5. The average Bonchev–Trinajstić information content (AvgIpc) is 3.38. The molecular weight excluding hydrogens is 386 g/mol. The number of rotatable bonds is 4. The van der Waals surface area contributed by atoms with E-state index in [1.807, 2.05) is 0 Å². The summed E-state index contributed by atoms with van der Waals surface area (Å²) in [6.07, 6.45) is 8.19. The Morgan fingerprint density at radius 3 is 2.80 bits per heavy atom. The van der Waals surface area contributed by atoms with Gasteiger partial charge in [-0.15, -0.1) is 0 Å². The van der Waals surface area contributed by atoms with Crippen LogP contribution in [0.1, 0.15) is 42.8 Å². The maximum Gasteiger partial charge on any atom is 0.316 e. The zero-order valence-corrected chi connectivity index (χ0v) is 16.6. The molecule has 30 heavy (non-hydrogen) atoms. The van der Waals surface area contributed by atoms with Crippen LogP contribution in [0.2, 0.25) is 0 Å². The molecule has 3 heterocycles. The molecule has 0 aromatic carbocycles. The number of amides is 1. The third-order valence-corrected chi connectivity index (χ3v) is 7.09. The van der Waals surface area contributed by atoms with E-state index in [2.05, 4.69) is 35.7 Å². The van der Waals surface area contributed by atoms with Gasteiger partial charge in [0.1, 0.15) is 5.52 Å². The van der Waals surface area contributed by atoms with Crippen LogP contribution in [0, 0.1) is 17.8 Å². The van der Waals surface area contributed by atoms with Crippen LogP contribution in [0.25, 0.3) is 22.6 Å². The van der Waals surface area contributed by atoms with Gasteiger partial charge < -0.3 is 25.2 Å². The number of imidazole rings is 1. The van der Waals surface area contributed by atoms with Gasteiger partial charge in [0.25, 0.3) is 0 Å². The van der Waals surface area contributed by atoms with E-state index in [4.69, 9.17) is 4.52 Å². The Morgan fingerprint density at radius 2 is 2.07 bits per heavy atom. The summed E-state index contributed by atoms with van der Waals surface area (Å²) >= 11 is 0. The molecule has 0 radical (unpaired) electrons. The van der Waals surface area contributed by atoms with E-state index in [-0.39, 0.29) is 11.9 Å². The van der Waals surface area contributed by atoms with E-state index >= 15 is 0 Å². The fourth-order valence-electron chi connectivity index (χ4n) is 6.13. The fourth-order valence-corrected chi connectivity index (χ4v) is 6.13. The second-order valence-corrected chi connectivity index (χ2v) is 9.01. The molecule has 4 aliphatic carbocycles. The minimum Gasteiger partial charge on any atom is -0.390 e. The number of fused-ring (bicyclic) bond motifs is 1. The number of anilines is 1. The number of hydrogen-bond acceptors (Lipinski definition) is 8. The Balaban J connectivity index is 1.40. The number of nitrogens with zero attached hydrogens (tertiary/aromatic N) is 4. The maximum absolute atomic E-state index is 11.8. The number of aromatic nitrogens is 5. The number of aromatic amines is 1. The largest absolute Gasteiger partial charge is 0.390 e. The highest BCUT2D eigenvalue weighted by Gasteiger charge is 2.54. The topological polar surface area (TPSA) is 142 Å². The molecule has 3 unspecified atom stereocenters. The first-order chi connectivity index (χ1) is 14.5. The van der Waals surface area contributed by atoms with Gasteiger partial charge >= 0.3 is 11.8 Å². The smallest absolute Gasteiger partial charge is 0.316 e. The summed E-state index contributed by atoms with van der Waals surface area (Å²) in [6, 6.07) is 0.250. The molecule has 10 heteroatoms. The number of aliphatic hydroxyl groups is 1. The van der Waals surface area contributed by atoms with Gasteiger partial charge in [-0.25, -0.2) is 9.97 Å². The van der Waals surface area contributed by atoms with Crippen molar-refractivity contribution < 1.29 is 14.4 Å². The summed E-state index contributed by atoms with van der Waals surface area (Å²) in [5.41, 5.74) is 2.34. The molecule has 4 N–H and O–H groups in total. The van der Waals surface area contributed by atoms with Gasteiger partial charge in [0.15, 0.2) is 5.65 Å². The molecule has 0 aliphatic heterocycles. The Morgan fingerprint density at radius 1 is 1.27 bits per heavy atom. The Kier molecular flexibility index (Phi) is 3.71. The van der Waals surface area contributed by atoms with Crippen molar-refractivity contribution in [2.75, 3.05) is 12.4 Å². The van der Waals surface area contributed by atoms with Crippen LogP contribution in [-0.4, -0.2) is 54.8 Å². The molecule has 4 fully saturated rings. The predicted molar refractivity (Wildman–Crippen MR) is 106 cm³/mol. The molecule has 1 amide bonds. The van der Waals surface area contributed by atoms with Crippen LogP contribution in [0.3, 0.4) is 0 Å². The van der Waals surface area contributed by atoms with E-state index in [0.717, 1.165) is 43.3 Å². The normalized spacial score (nSPS) is 31.9. The van der Waals surface area contributed by atoms with Crippen molar-refractivity contribution in [3.63, 3.8) is 0 Å². The van der Waals surface area contributed by atoms with Crippen LogP contribution in [0.5, 0.6) is 0 Å². The van der Waals surface area contributed by atoms with E-state index in [1.54, 1.807) is 12.5 Å². The van der Waals surface area contributed by atoms with Crippen molar-refractivity contribution in [1.29, 1.82) is 0 Å². The molecular formula is C20H23N7O3. The minimum atomic E-state index is -0.491. The van der Waals surface area contributed by atoms with Crippen molar-refractivity contribution in [2.24, 2.45) is 17.8 Å². The summed E-state index contributed by atoms with van der Waals surface area (Å²) in [7, 11) is 1.51. The quantitative estimate of drug-likeness (QED) is 0.510. The van der Waals surface area contributed by atoms with Gasteiger partial charge in [0.05, 0.1) is 23.2 Å². The van der Waals surface area contributed by atoms with Crippen LogP contribution in [-0.2, 0) is 0 Å². The number of hydrogen-bond donors (Lipinski definition) is 4. The maximum atomic E-state index is 11.8. The molecule has 4 saturated carbocycles. The van der Waals surface area contributed by atoms with Crippen molar-refractivity contribution in [2.45, 2.75) is 43.7 Å². The molecule has 4 aliphatic rings. The van der Waals surface area contributed by atoms with Gasteiger partial charge in [-0.2, -0.15) is 4.98 Å². The van der Waals surface area contributed by atoms with Crippen molar-refractivity contribution in [1.82, 2.24) is 30.4 Å². The first-order valence-electron chi connectivity index (χ1n) is 10.4. The summed E-state index contributed by atoms with van der Waals surface area (Å²) in [6.45, 7) is 0. The lowest BCUT2D eigenvalue weighted by Gasteiger charge is -2.58. The molecule has 5 atom stereocenters. The molecule has 0 saturated heterocycles. The van der Waals surface area contributed by atoms with Crippen molar-refractivity contribution >= 4 is 22.8 Å². The van der Waals surface area contributed by atoms with Crippen LogP contribution in [0.4, 0.5) is 5.69 Å². The van der Waals surface area contributed by atoms with E-state index in [1.165, 1.54) is 7.05 Å². The zero-order valence-electron chi connectivity index (χ0n) is 16.6. The van der Waals surface area contributed by atoms with Crippen LogP contribution in [0.15, 0.2) is 17.0 Å². The van der Waals surface area contributed by atoms with Crippen LogP contribution < -0.4 is 10.6 Å². The van der Waals surface area contributed by atoms with Crippen molar-refractivity contribution in [3.8, 4) is 11.4 Å². The SMILES string of the molecule is CNC(=O)c1nc(-c2cnc3nc[nH]c3c2NC2[C@@H]3CC4C[C@H]2CC(O)(C4)C3)no1. The lowest BCUT2D eigenvalue weighted by molar-refractivity contribution is -0.129. The summed E-state index contributed by atoms with van der Waals surface area (Å²) in [5, 5.41) is 21.1. The molecule has 7 rings (SSSR count). The number of carbonyl (C=O) groups excluding carboxylic acids is 1. The number of nitrogens with one attached hydrogen (secondary N) is 3. The minimum absolute atomic E-state index is 0.0972. The lowest BCUT2D eigenvalue weighted by atomic mass is 9.52. The summed E-state index contributed by atoms with van der Waals surface area (Å²) in [4.78, 5) is 28.0. The average molecular weight is 409 g/mol. The number of pyridine rings is 1. The van der Waals surface area contributed by atoms with Gasteiger partial charge in [-0.05, 0) is 49.9 Å². The van der Waals surface area contributed by atoms with Crippen LogP contribution >= 0.6 is 0 Å². The van der Waals surface area contributed by atoms with E-state index < -0.39 is 11.5 Å². The van der Waals surface area contributed by atoms with Gasteiger partial charge in [-0.3, -0.25) is 4.79 Å². The summed E-state index contributed by atoms with van der Waals surface area (Å²) in [5.74, 6) is 1.23. The fraction of sp³-hybridized carbons (Fsp3) is 0.550. The monoisotopic (exact) mass is 409 g/mol. The van der Waals surface area contributed by atoms with Gasteiger partial charge in [-0.1, -0.05) is 5.16 Å². The Labute approximate surface area is 171 Å². The second kappa shape index (κ2) is 6.24. The zero-order chi connectivity index (χ0) is 20.5. The number of carbonyl (C=O) groups is 1. The second-order valence-electron chi connectivity index (χ2n) is 9.01. The Hall–Kier alpha value is -3.01. The summed E-state index contributed by atoms with van der Waals surface area (Å²) < 4.78 is 5.13. The third kappa shape index (κ3) is 2.63. The lowest BCUT2D eigenvalue weighted by Crippen LogP contribution is -2.59. The first-order valence-corrected chi connectivity index (χ1v) is 10.4. The highest BCUT2D eigenvalue weighted by Crippen LogP contribution is 2.56. The number of H-pyrrole nitrogens is 1. The standard InChI is InChI=1S/C20H23N7O3/c1-21-18(28)19-26-16(27-30-19)12-7-22-17-15(23-8-24-17)14(12)25-13-10-2-9-3-11(13)6-20(29,4-9)5-10/h7-11,13,29H,2-6H2,1H3,(H,21,28)(H2,22,23,24,25)/t9?,10-,11+,13?,20?. The molecule has 10 nitrogen and oxygen atoms in total. The molecule has 0 spiro atoms. The molecule has 3 aromatic heterocycles. The molecule has 3 aromatic rings. The van der Waals surface area contributed by atoms with Gasteiger partial charge in [0.2, 0.25) is 5.82 Å². The first kappa shape index (κ1) is 17.8. The third-order valence-electron chi connectivity index (χ3n) is 7.09. The predicted octanol–water partition coefficient (Wildman–Crippen LogP) is 1.72. The Bertz CT molecular complexity index is 1120. The van der Waals surface area contributed by atoms with Crippen molar-refractivity contribution in [3.05, 3.63) is 18.4 Å². The van der Waals surface area contributed by atoms with E-state index in [0.29, 0.717) is 34.8 Å². The van der Waals surface area contributed by atoms with Gasteiger partial charge in [0, 0.05) is 19.3 Å². The van der Waals surface area contributed by atoms with E-state index in [9.17, 15) is 9.90 Å².